The number of rotatable bonds is 2. The lowest BCUT2D eigenvalue weighted by Gasteiger charge is -2.15. The van der Waals surface area contributed by atoms with Crippen LogP contribution < -0.4 is 5.73 Å². The third-order valence-corrected chi connectivity index (χ3v) is 4.51. The van der Waals surface area contributed by atoms with Gasteiger partial charge in [0.25, 0.3) is 0 Å². The summed E-state index contributed by atoms with van der Waals surface area (Å²) in [6.45, 7) is 0. The van der Waals surface area contributed by atoms with Crippen LogP contribution in [0, 0.1) is 5.92 Å². The largest absolute Gasteiger partial charge is 0.323 e. The molecule has 0 aliphatic carbocycles. The average molecular weight is 199 g/mol. The van der Waals surface area contributed by atoms with Gasteiger partial charge in [-0.3, -0.25) is 0 Å². The van der Waals surface area contributed by atoms with Gasteiger partial charge in [-0.25, -0.2) is 0 Å². The van der Waals surface area contributed by atoms with Crippen LogP contribution in [-0.4, -0.2) is 11.5 Å². The molecule has 0 radical (unpaired) electrons. The first-order valence-electron chi connectivity index (χ1n) is 4.24. The highest BCUT2D eigenvalue weighted by atomic mass is 32.2. The van der Waals surface area contributed by atoms with Gasteiger partial charge in [-0.1, -0.05) is 6.07 Å². The van der Waals surface area contributed by atoms with Gasteiger partial charge in [0, 0.05) is 10.9 Å². The molecule has 0 amide bonds. The minimum Gasteiger partial charge on any atom is -0.323 e. The van der Waals surface area contributed by atoms with Crippen LogP contribution in [0.15, 0.2) is 17.5 Å². The Morgan fingerprint density at radius 1 is 1.58 bits per heavy atom. The number of hydrogen-bond donors (Lipinski definition) is 1. The van der Waals surface area contributed by atoms with Gasteiger partial charge >= 0.3 is 0 Å². The summed E-state index contributed by atoms with van der Waals surface area (Å²) in [6.07, 6.45) is 1.30. The summed E-state index contributed by atoms with van der Waals surface area (Å²) in [5, 5.41) is 2.11. The first-order valence-corrected chi connectivity index (χ1v) is 6.28. The molecule has 0 spiro atoms. The lowest BCUT2D eigenvalue weighted by Crippen LogP contribution is -2.19. The molecule has 1 nitrogen and oxygen atoms in total. The fraction of sp³-hybridized carbons (Fsp3) is 0.556. The summed E-state index contributed by atoms with van der Waals surface area (Å²) in [6, 6.07) is 4.53. The van der Waals surface area contributed by atoms with Crippen molar-refractivity contribution in [3.8, 4) is 0 Å². The van der Waals surface area contributed by atoms with Gasteiger partial charge in [-0.05, 0) is 35.3 Å². The Balaban J connectivity index is 2.04. The molecule has 1 aromatic heterocycles. The maximum absolute atomic E-state index is 6.14. The van der Waals surface area contributed by atoms with Crippen LogP contribution in [0.4, 0.5) is 0 Å². The van der Waals surface area contributed by atoms with Crippen molar-refractivity contribution in [3.63, 3.8) is 0 Å². The fourth-order valence-electron chi connectivity index (χ4n) is 1.55. The van der Waals surface area contributed by atoms with Crippen LogP contribution in [0.5, 0.6) is 0 Å². The van der Waals surface area contributed by atoms with Gasteiger partial charge in [0.2, 0.25) is 0 Å². The van der Waals surface area contributed by atoms with Crippen molar-refractivity contribution in [3.05, 3.63) is 22.4 Å². The molecule has 2 N–H and O–H groups in total. The predicted molar refractivity (Wildman–Crippen MR) is 56.7 cm³/mol. The van der Waals surface area contributed by atoms with E-state index in [1.54, 1.807) is 11.3 Å². The molecule has 3 heteroatoms. The number of nitrogens with two attached hydrogens (primary N) is 1. The molecule has 1 aliphatic rings. The zero-order valence-corrected chi connectivity index (χ0v) is 8.53. The number of thiophene rings is 1. The Morgan fingerprint density at radius 2 is 2.50 bits per heavy atom. The van der Waals surface area contributed by atoms with E-state index in [-0.39, 0.29) is 0 Å². The minimum atomic E-state index is 0.292. The lowest BCUT2D eigenvalue weighted by atomic mass is 9.99. The van der Waals surface area contributed by atoms with Gasteiger partial charge in [-0.2, -0.15) is 11.8 Å². The maximum atomic E-state index is 6.14. The topological polar surface area (TPSA) is 26.0 Å². The van der Waals surface area contributed by atoms with E-state index >= 15 is 0 Å². The molecule has 2 atom stereocenters. The Labute approximate surface area is 81.4 Å². The Kier molecular flexibility index (Phi) is 2.73. The zero-order chi connectivity index (χ0) is 8.39. The van der Waals surface area contributed by atoms with E-state index in [1.807, 2.05) is 11.8 Å². The van der Waals surface area contributed by atoms with Gasteiger partial charge in [-0.15, -0.1) is 11.3 Å². The summed E-state index contributed by atoms with van der Waals surface area (Å²) in [7, 11) is 0. The molecule has 1 saturated heterocycles. The van der Waals surface area contributed by atoms with Crippen molar-refractivity contribution >= 4 is 23.1 Å². The second-order valence-electron chi connectivity index (χ2n) is 3.16. The molecule has 1 fully saturated rings. The predicted octanol–water partition coefficient (Wildman–Crippen LogP) is 2.50. The number of thioether (sulfide) groups is 1. The standard InChI is InChI=1S/C9H13NS2/c10-9(7-3-5-11-6-7)8-2-1-4-12-8/h1-2,4,7,9H,3,5-6,10H2. The van der Waals surface area contributed by atoms with E-state index < -0.39 is 0 Å². The van der Waals surface area contributed by atoms with Crippen molar-refractivity contribution in [2.75, 3.05) is 11.5 Å². The van der Waals surface area contributed by atoms with Gasteiger partial charge in [0.15, 0.2) is 0 Å². The third-order valence-electron chi connectivity index (χ3n) is 2.34. The summed E-state index contributed by atoms with van der Waals surface area (Å²) in [4.78, 5) is 1.35. The molecule has 0 bridgehead atoms. The number of hydrogen-bond acceptors (Lipinski definition) is 3. The van der Waals surface area contributed by atoms with E-state index in [0.717, 1.165) is 0 Å². The van der Waals surface area contributed by atoms with Crippen molar-refractivity contribution in [1.29, 1.82) is 0 Å². The molecule has 2 unspecified atom stereocenters. The molecular formula is C9H13NS2. The summed E-state index contributed by atoms with van der Waals surface area (Å²) in [5.41, 5.74) is 6.14. The average Bonchev–Trinajstić information content (AvgIpc) is 2.77. The monoisotopic (exact) mass is 199 g/mol. The van der Waals surface area contributed by atoms with Crippen molar-refractivity contribution in [2.45, 2.75) is 12.5 Å². The Morgan fingerprint density at radius 3 is 3.08 bits per heavy atom. The van der Waals surface area contributed by atoms with Crippen molar-refractivity contribution < 1.29 is 0 Å². The van der Waals surface area contributed by atoms with Crippen molar-refractivity contribution in [2.24, 2.45) is 11.7 Å². The Bertz CT molecular complexity index is 227. The third kappa shape index (κ3) is 1.68. The highest BCUT2D eigenvalue weighted by Gasteiger charge is 2.23. The van der Waals surface area contributed by atoms with Gasteiger partial charge in [0.1, 0.15) is 0 Å². The summed E-state index contributed by atoms with van der Waals surface area (Å²) >= 11 is 3.82. The van der Waals surface area contributed by atoms with Gasteiger partial charge < -0.3 is 5.73 Å². The SMILES string of the molecule is NC(c1cccs1)C1CCSC1. The first-order chi connectivity index (χ1) is 5.88. The molecule has 0 aromatic carbocycles. The van der Waals surface area contributed by atoms with Crippen LogP contribution in [0.2, 0.25) is 0 Å². The normalized spacial score (nSPS) is 25.9. The van der Waals surface area contributed by atoms with E-state index in [0.29, 0.717) is 12.0 Å². The molecule has 66 valence electrons. The van der Waals surface area contributed by atoms with Crippen LogP contribution in [-0.2, 0) is 0 Å². The van der Waals surface area contributed by atoms with Crippen molar-refractivity contribution in [1.82, 2.24) is 0 Å². The quantitative estimate of drug-likeness (QED) is 0.792. The Hall–Kier alpha value is 0.01000. The van der Waals surface area contributed by atoms with Gasteiger partial charge in [0.05, 0.1) is 0 Å². The molecule has 1 aliphatic heterocycles. The molecule has 0 saturated carbocycles. The van der Waals surface area contributed by atoms with Crippen LogP contribution >= 0.6 is 23.1 Å². The lowest BCUT2D eigenvalue weighted by molar-refractivity contribution is 0.488. The van der Waals surface area contributed by atoms with Crippen LogP contribution in [0.1, 0.15) is 17.3 Å². The van der Waals surface area contributed by atoms with E-state index in [9.17, 15) is 0 Å². The molecule has 2 heterocycles. The molecule has 12 heavy (non-hydrogen) atoms. The maximum Gasteiger partial charge on any atom is 0.0426 e. The second-order valence-corrected chi connectivity index (χ2v) is 5.29. The van der Waals surface area contributed by atoms with E-state index in [2.05, 4.69) is 17.5 Å². The highest BCUT2D eigenvalue weighted by Crippen LogP contribution is 2.33. The molecular weight excluding hydrogens is 186 g/mol. The fourth-order valence-corrected chi connectivity index (χ4v) is 3.68. The molecule has 2 rings (SSSR count). The minimum absolute atomic E-state index is 0.292. The van der Waals surface area contributed by atoms with E-state index in [1.165, 1.54) is 22.8 Å². The second kappa shape index (κ2) is 3.81. The molecule has 1 aromatic rings. The zero-order valence-electron chi connectivity index (χ0n) is 6.90. The van der Waals surface area contributed by atoms with Crippen LogP contribution in [0.25, 0.3) is 0 Å². The smallest absolute Gasteiger partial charge is 0.0426 e. The highest BCUT2D eigenvalue weighted by molar-refractivity contribution is 7.99. The van der Waals surface area contributed by atoms with E-state index in [4.69, 9.17) is 5.73 Å². The summed E-state index contributed by atoms with van der Waals surface area (Å²) < 4.78 is 0. The summed E-state index contributed by atoms with van der Waals surface area (Å²) in [5.74, 6) is 3.26. The first kappa shape index (κ1) is 8.60. The van der Waals surface area contributed by atoms with Crippen LogP contribution in [0.3, 0.4) is 0 Å².